The first kappa shape index (κ1) is 20.2. The van der Waals surface area contributed by atoms with E-state index in [1.54, 1.807) is 37.4 Å². The molecule has 4 rings (SSSR count). The fourth-order valence-electron chi connectivity index (χ4n) is 3.57. The Morgan fingerprint density at radius 2 is 1.83 bits per heavy atom. The number of carbonyl (C=O) groups is 2. The molecule has 30 heavy (non-hydrogen) atoms. The highest BCUT2D eigenvalue weighted by Crippen LogP contribution is 2.42. The van der Waals surface area contributed by atoms with Gasteiger partial charge in [0.25, 0.3) is 11.7 Å². The van der Waals surface area contributed by atoms with E-state index >= 15 is 0 Å². The third-order valence-corrected chi connectivity index (χ3v) is 6.18. The van der Waals surface area contributed by atoms with Gasteiger partial charge in [0.15, 0.2) is 0 Å². The van der Waals surface area contributed by atoms with Crippen molar-refractivity contribution in [2.24, 2.45) is 0 Å². The topological polar surface area (TPSA) is 66.8 Å². The van der Waals surface area contributed by atoms with Crippen LogP contribution in [0.1, 0.15) is 22.0 Å². The van der Waals surface area contributed by atoms with Gasteiger partial charge in [-0.3, -0.25) is 9.59 Å². The van der Waals surface area contributed by atoms with Gasteiger partial charge in [0.1, 0.15) is 11.5 Å². The summed E-state index contributed by atoms with van der Waals surface area (Å²) in [6, 6.07) is 16.9. The van der Waals surface area contributed by atoms with Crippen molar-refractivity contribution in [1.82, 2.24) is 4.90 Å². The molecule has 0 radical (unpaired) electrons. The molecule has 0 saturated carbocycles. The Hall–Kier alpha value is -3.09. The number of methoxy groups -OCH3 is 1. The number of aliphatic hydroxyl groups excluding tert-OH is 1. The standard InChI is InChI=1S/C23H18ClNO4S/c1-29-17-6-3-2-5-15(17)13-25-20(18-7-4-12-30-18)19(22(27)23(25)28)21(26)14-8-10-16(24)11-9-14/h2-12,20,26H,13H2,1H3/b21-19-. The van der Waals surface area contributed by atoms with Gasteiger partial charge in [-0.05, 0) is 41.8 Å². The molecule has 1 unspecified atom stereocenters. The summed E-state index contributed by atoms with van der Waals surface area (Å²) in [6.45, 7) is 0.175. The van der Waals surface area contributed by atoms with Crippen LogP contribution in [-0.2, 0) is 16.1 Å². The number of halogens is 1. The van der Waals surface area contributed by atoms with Gasteiger partial charge in [0.2, 0.25) is 0 Å². The Morgan fingerprint density at radius 3 is 2.50 bits per heavy atom. The average molecular weight is 440 g/mol. The zero-order valence-electron chi connectivity index (χ0n) is 16.0. The average Bonchev–Trinajstić information content (AvgIpc) is 3.37. The minimum absolute atomic E-state index is 0.0691. The van der Waals surface area contributed by atoms with Gasteiger partial charge in [-0.15, -0.1) is 11.3 Å². The summed E-state index contributed by atoms with van der Waals surface area (Å²) in [4.78, 5) is 28.2. The highest BCUT2D eigenvalue weighted by atomic mass is 35.5. The van der Waals surface area contributed by atoms with Crippen LogP contribution in [0.25, 0.3) is 5.76 Å². The van der Waals surface area contributed by atoms with E-state index in [2.05, 4.69) is 0 Å². The Kier molecular flexibility index (Phi) is 5.61. The molecule has 2 aromatic carbocycles. The summed E-state index contributed by atoms with van der Waals surface area (Å²) in [7, 11) is 1.56. The summed E-state index contributed by atoms with van der Waals surface area (Å²) >= 11 is 7.37. The van der Waals surface area contributed by atoms with Crippen LogP contribution in [0.3, 0.4) is 0 Å². The van der Waals surface area contributed by atoms with Crippen LogP contribution in [-0.4, -0.2) is 28.8 Å². The number of Topliss-reactive ketones (excluding diaryl/α,β-unsaturated/α-hetero) is 1. The highest BCUT2D eigenvalue weighted by Gasteiger charge is 2.46. The SMILES string of the molecule is COc1ccccc1CN1C(=O)C(=O)/C(=C(\O)c2ccc(Cl)cc2)C1c1cccs1. The van der Waals surface area contributed by atoms with E-state index in [1.165, 1.54) is 16.2 Å². The number of aliphatic hydroxyl groups is 1. The summed E-state index contributed by atoms with van der Waals surface area (Å²) in [6.07, 6.45) is 0. The van der Waals surface area contributed by atoms with Crippen molar-refractivity contribution in [3.63, 3.8) is 0 Å². The lowest BCUT2D eigenvalue weighted by Crippen LogP contribution is -2.29. The van der Waals surface area contributed by atoms with Gasteiger partial charge in [0, 0.05) is 21.0 Å². The monoisotopic (exact) mass is 439 g/mol. The third kappa shape index (κ3) is 3.60. The van der Waals surface area contributed by atoms with Gasteiger partial charge in [-0.2, -0.15) is 0 Å². The highest BCUT2D eigenvalue weighted by molar-refractivity contribution is 7.10. The van der Waals surface area contributed by atoms with Crippen LogP contribution in [0.2, 0.25) is 5.02 Å². The first-order chi connectivity index (χ1) is 14.5. The number of carbonyl (C=O) groups excluding carboxylic acids is 2. The lowest BCUT2D eigenvalue weighted by Gasteiger charge is -2.25. The van der Waals surface area contributed by atoms with E-state index in [-0.39, 0.29) is 17.9 Å². The number of thiophene rings is 1. The Morgan fingerprint density at radius 1 is 1.10 bits per heavy atom. The molecular formula is C23H18ClNO4S. The molecule has 7 heteroatoms. The van der Waals surface area contributed by atoms with Gasteiger partial charge < -0.3 is 14.7 Å². The van der Waals surface area contributed by atoms with Crippen molar-refractivity contribution in [3.8, 4) is 5.75 Å². The molecule has 1 saturated heterocycles. The molecule has 1 amide bonds. The molecule has 0 bridgehead atoms. The summed E-state index contributed by atoms with van der Waals surface area (Å²) < 4.78 is 5.40. The number of ketones is 1. The molecule has 1 aliphatic heterocycles. The first-order valence-corrected chi connectivity index (χ1v) is 10.5. The lowest BCUT2D eigenvalue weighted by atomic mass is 9.99. The first-order valence-electron chi connectivity index (χ1n) is 9.21. The summed E-state index contributed by atoms with van der Waals surface area (Å²) in [5.74, 6) is -0.960. The van der Waals surface area contributed by atoms with Crippen molar-refractivity contribution in [2.45, 2.75) is 12.6 Å². The Balaban J connectivity index is 1.83. The van der Waals surface area contributed by atoms with E-state index in [1.807, 2.05) is 35.7 Å². The van der Waals surface area contributed by atoms with Crippen LogP contribution in [0.15, 0.2) is 71.6 Å². The van der Waals surface area contributed by atoms with Crippen LogP contribution in [0.4, 0.5) is 0 Å². The second-order valence-electron chi connectivity index (χ2n) is 6.76. The van der Waals surface area contributed by atoms with Crippen molar-refractivity contribution >= 4 is 40.4 Å². The molecule has 0 aliphatic carbocycles. The molecule has 152 valence electrons. The number of nitrogens with zero attached hydrogens (tertiary/aromatic N) is 1. The number of amides is 1. The molecule has 1 aliphatic rings. The minimum atomic E-state index is -0.712. The quantitative estimate of drug-likeness (QED) is 0.344. The zero-order valence-corrected chi connectivity index (χ0v) is 17.6. The fourth-order valence-corrected chi connectivity index (χ4v) is 4.54. The van der Waals surface area contributed by atoms with E-state index in [4.69, 9.17) is 16.3 Å². The number of likely N-dealkylation sites (tertiary alicyclic amines) is 1. The second-order valence-corrected chi connectivity index (χ2v) is 8.18. The predicted octanol–water partition coefficient (Wildman–Crippen LogP) is 5.03. The zero-order chi connectivity index (χ0) is 21.3. The number of rotatable bonds is 5. The second kappa shape index (κ2) is 8.34. The maximum Gasteiger partial charge on any atom is 0.295 e. The number of para-hydroxylation sites is 1. The number of ether oxygens (including phenoxy) is 1. The van der Waals surface area contributed by atoms with E-state index in [0.717, 1.165) is 10.4 Å². The number of hydrogen-bond acceptors (Lipinski definition) is 5. The fraction of sp³-hybridized carbons (Fsp3) is 0.130. The largest absolute Gasteiger partial charge is 0.507 e. The lowest BCUT2D eigenvalue weighted by molar-refractivity contribution is -0.140. The normalized spacial score (nSPS) is 18.1. The molecule has 0 spiro atoms. The third-order valence-electron chi connectivity index (χ3n) is 5.00. The van der Waals surface area contributed by atoms with Crippen LogP contribution < -0.4 is 4.74 Å². The summed E-state index contributed by atoms with van der Waals surface area (Å²) in [5, 5.41) is 13.4. The van der Waals surface area contributed by atoms with E-state index < -0.39 is 17.7 Å². The molecular weight excluding hydrogens is 422 g/mol. The van der Waals surface area contributed by atoms with Crippen molar-refractivity contribution in [1.29, 1.82) is 0 Å². The number of benzene rings is 2. The Labute approximate surface area is 182 Å². The van der Waals surface area contributed by atoms with Crippen LogP contribution in [0.5, 0.6) is 5.75 Å². The van der Waals surface area contributed by atoms with Gasteiger partial charge in [-0.1, -0.05) is 35.9 Å². The molecule has 5 nitrogen and oxygen atoms in total. The van der Waals surface area contributed by atoms with Crippen LogP contribution in [0, 0.1) is 0 Å². The number of hydrogen-bond donors (Lipinski definition) is 1. The maximum absolute atomic E-state index is 13.0. The van der Waals surface area contributed by atoms with Gasteiger partial charge in [-0.25, -0.2) is 0 Å². The smallest absolute Gasteiger partial charge is 0.295 e. The predicted molar refractivity (Wildman–Crippen MR) is 117 cm³/mol. The summed E-state index contributed by atoms with van der Waals surface area (Å²) in [5.41, 5.74) is 1.27. The van der Waals surface area contributed by atoms with Gasteiger partial charge in [0.05, 0.1) is 25.3 Å². The van der Waals surface area contributed by atoms with E-state index in [9.17, 15) is 14.7 Å². The maximum atomic E-state index is 13.0. The molecule has 1 N–H and O–H groups in total. The molecule has 1 fully saturated rings. The molecule has 1 atom stereocenters. The molecule has 2 heterocycles. The van der Waals surface area contributed by atoms with Crippen LogP contribution >= 0.6 is 22.9 Å². The minimum Gasteiger partial charge on any atom is -0.507 e. The van der Waals surface area contributed by atoms with E-state index in [0.29, 0.717) is 16.3 Å². The Bertz CT molecular complexity index is 1120. The van der Waals surface area contributed by atoms with Crippen molar-refractivity contribution in [3.05, 3.63) is 92.6 Å². The van der Waals surface area contributed by atoms with Crippen molar-refractivity contribution in [2.75, 3.05) is 7.11 Å². The molecule has 1 aromatic heterocycles. The van der Waals surface area contributed by atoms with Gasteiger partial charge >= 0.3 is 0 Å². The molecule has 3 aromatic rings. The van der Waals surface area contributed by atoms with Crippen molar-refractivity contribution < 1.29 is 19.4 Å².